The second-order valence-electron chi connectivity index (χ2n) is 12.9. The Morgan fingerprint density at radius 1 is 0.673 bits per heavy atom. The lowest BCUT2D eigenvalue weighted by Gasteiger charge is -2.25. The zero-order chi connectivity index (χ0) is 38.6. The molecule has 284 valence electrons. The first kappa shape index (κ1) is 42.8. The van der Waals surface area contributed by atoms with Crippen LogP contribution in [0.15, 0.2) is 60.7 Å². The van der Waals surface area contributed by atoms with Gasteiger partial charge < -0.3 is 48.9 Å². The van der Waals surface area contributed by atoms with Crippen LogP contribution in [-0.4, -0.2) is 89.8 Å². The minimum absolute atomic E-state index is 0.0469. The van der Waals surface area contributed by atoms with Crippen molar-refractivity contribution in [3.8, 4) is 0 Å². The maximum Gasteiger partial charge on any atom is 0.303 e. The Balaban J connectivity index is 2.21. The summed E-state index contributed by atoms with van der Waals surface area (Å²) in [6.07, 6.45) is 0.498. The van der Waals surface area contributed by atoms with Gasteiger partial charge in [-0.1, -0.05) is 74.5 Å². The largest absolute Gasteiger partial charge is 0.481 e. The number of aliphatic carboxylic acids is 1. The summed E-state index contributed by atoms with van der Waals surface area (Å²) >= 11 is 0. The van der Waals surface area contributed by atoms with Crippen molar-refractivity contribution in [3.63, 3.8) is 0 Å². The Hall–Kier alpha value is -5.35. The maximum atomic E-state index is 13.8. The van der Waals surface area contributed by atoms with Crippen molar-refractivity contribution in [2.24, 2.45) is 23.1 Å². The molecule has 0 aliphatic heterocycles. The summed E-state index contributed by atoms with van der Waals surface area (Å²) < 4.78 is 0. The molecule has 0 heterocycles. The predicted molar refractivity (Wildman–Crippen MR) is 193 cm³/mol. The molecule has 0 unspecified atom stereocenters. The number of primary amides is 1. The number of carboxylic acid groups (broad SMARTS) is 1. The highest BCUT2D eigenvalue weighted by molar-refractivity contribution is 5.95. The Morgan fingerprint density at radius 2 is 1.17 bits per heavy atom. The monoisotopic (exact) mass is 724 g/mol. The standard InChI is InChI=1S/C36H52N8O8/c1-22(2)18-27(35(51)42-26(32(39)48)15-16-31(46)47)41-30(45)21-40-34(50)28(19-23-10-5-3-6-11-23)44-36(52)29(20-24-12-7-4-8-13-24)43-33(49)25(38)14-9-17-37/h3-8,10-13,22,25-29H,9,14-21,37-38H2,1-2H3,(H2,39,48)(H,40,50)(H,41,45)(H,42,51)(H,43,49)(H,44,52)(H,46,47)/t25-,26-,27-,28-,29-/m0/s1. The molecule has 0 bridgehead atoms. The van der Waals surface area contributed by atoms with Gasteiger partial charge in [-0.05, 0) is 49.3 Å². The summed E-state index contributed by atoms with van der Waals surface area (Å²) in [6.45, 7) is 3.39. The van der Waals surface area contributed by atoms with Crippen LogP contribution in [-0.2, 0) is 46.4 Å². The molecule has 2 aromatic rings. The van der Waals surface area contributed by atoms with Gasteiger partial charge in [-0.15, -0.1) is 0 Å². The van der Waals surface area contributed by atoms with Crippen LogP contribution >= 0.6 is 0 Å². The molecule has 0 aliphatic rings. The normalized spacial score (nSPS) is 13.8. The van der Waals surface area contributed by atoms with Crippen LogP contribution in [0.3, 0.4) is 0 Å². The summed E-state index contributed by atoms with van der Waals surface area (Å²) in [4.78, 5) is 89.1. The van der Waals surface area contributed by atoms with E-state index in [-0.39, 0.29) is 31.6 Å². The number of nitrogens with one attached hydrogen (secondary N) is 5. The van der Waals surface area contributed by atoms with Crippen molar-refractivity contribution in [2.75, 3.05) is 13.1 Å². The quantitative estimate of drug-likeness (QED) is 0.0673. The molecule has 5 atom stereocenters. The molecule has 0 aliphatic carbocycles. The number of benzene rings is 2. The van der Waals surface area contributed by atoms with Gasteiger partial charge in [0.2, 0.25) is 35.4 Å². The molecule has 0 aromatic heterocycles. The highest BCUT2D eigenvalue weighted by Crippen LogP contribution is 2.09. The molecule has 2 rings (SSSR count). The van der Waals surface area contributed by atoms with Crippen molar-refractivity contribution in [1.29, 1.82) is 0 Å². The first-order valence-electron chi connectivity index (χ1n) is 17.2. The fraction of sp³-hybridized carbons (Fsp3) is 0.472. The van der Waals surface area contributed by atoms with E-state index in [1.807, 2.05) is 19.9 Å². The van der Waals surface area contributed by atoms with Gasteiger partial charge in [0.15, 0.2) is 0 Å². The molecular weight excluding hydrogens is 672 g/mol. The first-order valence-corrected chi connectivity index (χ1v) is 17.2. The lowest BCUT2D eigenvalue weighted by Crippen LogP contribution is -2.58. The molecule has 0 saturated carbocycles. The number of hydrogen-bond acceptors (Lipinski definition) is 9. The van der Waals surface area contributed by atoms with Crippen LogP contribution in [0, 0.1) is 5.92 Å². The molecule has 2 aromatic carbocycles. The number of rotatable bonds is 23. The van der Waals surface area contributed by atoms with E-state index in [4.69, 9.17) is 22.3 Å². The van der Waals surface area contributed by atoms with Crippen LogP contribution in [0.25, 0.3) is 0 Å². The van der Waals surface area contributed by atoms with E-state index in [1.54, 1.807) is 54.6 Å². The van der Waals surface area contributed by atoms with Crippen molar-refractivity contribution in [1.82, 2.24) is 26.6 Å². The SMILES string of the molecule is CC(C)C[C@H](NC(=O)CNC(=O)[C@H](Cc1ccccc1)NC(=O)[C@H](Cc1ccccc1)NC(=O)[C@@H](N)CCCN)C(=O)N[C@@H](CCC(=O)O)C(N)=O. The van der Waals surface area contributed by atoms with E-state index >= 15 is 0 Å². The molecule has 0 fully saturated rings. The van der Waals surface area contributed by atoms with Gasteiger partial charge in [0.05, 0.1) is 12.6 Å². The average Bonchev–Trinajstić information content (AvgIpc) is 3.10. The maximum absolute atomic E-state index is 13.8. The number of nitrogens with two attached hydrogens (primary N) is 3. The van der Waals surface area contributed by atoms with Crippen LogP contribution in [0.4, 0.5) is 0 Å². The summed E-state index contributed by atoms with van der Waals surface area (Å²) in [7, 11) is 0. The van der Waals surface area contributed by atoms with E-state index in [0.717, 1.165) is 5.56 Å². The van der Waals surface area contributed by atoms with E-state index in [0.29, 0.717) is 24.9 Å². The van der Waals surface area contributed by atoms with Gasteiger partial charge in [0.25, 0.3) is 0 Å². The summed E-state index contributed by atoms with van der Waals surface area (Å²) in [5.41, 5.74) is 18.4. The first-order chi connectivity index (χ1) is 24.7. The Kier molecular flexibility index (Phi) is 18.5. The topological polar surface area (TPSA) is 278 Å². The molecular formula is C36H52N8O8. The highest BCUT2D eigenvalue weighted by atomic mass is 16.4. The van der Waals surface area contributed by atoms with Gasteiger partial charge in [0, 0.05) is 19.3 Å². The third kappa shape index (κ3) is 16.1. The van der Waals surface area contributed by atoms with Crippen LogP contribution in [0.5, 0.6) is 0 Å². The predicted octanol–water partition coefficient (Wildman–Crippen LogP) is -1.01. The molecule has 16 nitrogen and oxygen atoms in total. The Labute approximate surface area is 303 Å². The summed E-state index contributed by atoms with van der Waals surface area (Å²) in [5, 5.41) is 21.9. The summed E-state index contributed by atoms with van der Waals surface area (Å²) in [5.74, 6) is -5.57. The molecule has 6 amide bonds. The fourth-order valence-electron chi connectivity index (χ4n) is 5.20. The van der Waals surface area contributed by atoms with E-state index < -0.39 is 84.6 Å². The zero-order valence-electron chi connectivity index (χ0n) is 29.6. The van der Waals surface area contributed by atoms with Crippen molar-refractivity contribution in [2.45, 2.75) is 89.0 Å². The Bertz CT molecular complexity index is 1490. The fourth-order valence-corrected chi connectivity index (χ4v) is 5.20. The third-order valence-corrected chi connectivity index (χ3v) is 7.98. The molecule has 0 saturated heterocycles. The van der Waals surface area contributed by atoms with Gasteiger partial charge in [-0.2, -0.15) is 0 Å². The van der Waals surface area contributed by atoms with Crippen LogP contribution in [0.1, 0.15) is 57.1 Å². The zero-order valence-corrected chi connectivity index (χ0v) is 29.6. The second kappa shape index (κ2) is 22.5. The average molecular weight is 725 g/mol. The third-order valence-electron chi connectivity index (χ3n) is 7.98. The van der Waals surface area contributed by atoms with Crippen LogP contribution in [0.2, 0.25) is 0 Å². The number of carboxylic acids is 1. The smallest absolute Gasteiger partial charge is 0.303 e. The molecule has 52 heavy (non-hydrogen) atoms. The number of amides is 6. The summed E-state index contributed by atoms with van der Waals surface area (Å²) in [6, 6.07) is 12.3. The van der Waals surface area contributed by atoms with Gasteiger partial charge in [-0.3, -0.25) is 33.6 Å². The molecule has 16 heteroatoms. The lowest BCUT2D eigenvalue weighted by molar-refractivity contribution is -0.138. The Morgan fingerprint density at radius 3 is 1.67 bits per heavy atom. The van der Waals surface area contributed by atoms with E-state index in [1.165, 1.54) is 0 Å². The highest BCUT2D eigenvalue weighted by Gasteiger charge is 2.30. The van der Waals surface area contributed by atoms with Gasteiger partial charge in [0.1, 0.15) is 24.2 Å². The molecule has 12 N–H and O–H groups in total. The van der Waals surface area contributed by atoms with Gasteiger partial charge in [-0.25, -0.2) is 0 Å². The van der Waals surface area contributed by atoms with Crippen molar-refractivity contribution < 1.29 is 38.7 Å². The second-order valence-corrected chi connectivity index (χ2v) is 12.9. The molecule has 0 spiro atoms. The number of carbonyl (C=O) groups excluding carboxylic acids is 6. The van der Waals surface area contributed by atoms with Crippen molar-refractivity contribution in [3.05, 3.63) is 71.8 Å². The number of carbonyl (C=O) groups is 7. The minimum atomic E-state index is -1.27. The lowest BCUT2D eigenvalue weighted by atomic mass is 10.0. The number of hydrogen-bond donors (Lipinski definition) is 9. The van der Waals surface area contributed by atoms with Crippen LogP contribution < -0.4 is 43.8 Å². The van der Waals surface area contributed by atoms with E-state index in [9.17, 15) is 33.6 Å². The van der Waals surface area contributed by atoms with Gasteiger partial charge >= 0.3 is 5.97 Å². The van der Waals surface area contributed by atoms with Crippen molar-refractivity contribution >= 4 is 41.4 Å². The van der Waals surface area contributed by atoms with E-state index in [2.05, 4.69) is 26.6 Å². The minimum Gasteiger partial charge on any atom is -0.481 e. The molecule has 0 radical (unpaired) electrons.